The number of hydrogen-bond donors (Lipinski definition) is 0. The molecule has 1 aromatic carbocycles. The minimum atomic E-state index is -3.85. The van der Waals surface area contributed by atoms with E-state index in [0.717, 1.165) is 4.31 Å². The summed E-state index contributed by atoms with van der Waals surface area (Å²) >= 11 is 8.79. The topological polar surface area (TPSA) is 37.4 Å². The molecule has 0 fully saturated rings. The lowest BCUT2D eigenvalue weighted by Crippen LogP contribution is -2.31. The van der Waals surface area contributed by atoms with Gasteiger partial charge in [-0.15, -0.1) is 11.6 Å². The maximum absolute atomic E-state index is 14.1. The van der Waals surface area contributed by atoms with Crippen molar-refractivity contribution in [2.24, 2.45) is 5.92 Å². The van der Waals surface area contributed by atoms with Gasteiger partial charge in [-0.25, -0.2) is 17.1 Å². The summed E-state index contributed by atoms with van der Waals surface area (Å²) in [7, 11) is -2.41. The first-order valence-electron chi connectivity index (χ1n) is 5.70. The van der Waals surface area contributed by atoms with Crippen molar-refractivity contribution in [2.45, 2.75) is 24.6 Å². The van der Waals surface area contributed by atoms with E-state index in [9.17, 15) is 12.8 Å². The van der Waals surface area contributed by atoms with E-state index in [2.05, 4.69) is 15.9 Å². The second-order valence-corrected chi connectivity index (χ2v) is 7.89. The van der Waals surface area contributed by atoms with Gasteiger partial charge in [0.05, 0.1) is 5.88 Å². The van der Waals surface area contributed by atoms with Crippen LogP contribution in [0.4, 0.5) is 4.39 Å². The zero-order chi connectivity index (χ0) is 14.8. The van der Waals surface area contributed by atoms with Gasteiger partial charge in [-0.1, -0.05) is 29.8 Å². The zero-order valence-electron chi connectivity index (χ0n) is 11.0. The highest BCUT2D eigenvalue weighted by atomic mass is 79.9. The second-order valence-electron chi connectivity index (χ2n) is 4.69. The van der Waals surface area contributed by atoms with Crippen molar-refractivity contribution in [1.29, 1.82) is 0 Å². The van der Waals surface area contributed by atoms with Crippen LogP contribution in [0.25, 0.3) is 0 Å². The molecule has 0 aromatic heterocycles. The van der Waals surface area contributed by atoms with Gasteiger partial charge in [0.1, 0.15) is 10.7 Å². The number of benzene rings is 1. The molecule has 0 aliphatic heterocycles. The molecule has 1 rings (SSSR count). The van der Waals surface area contributed by atoms with E-state index in [1.807, 2.05) is 13.8 Å². The number of hydrogen-bond acceptors (Lipinski definition) is 2. The highest BCUT2D eigenvalue weighted by Gasteiger charge is 2.26. The molecule has 0 radical (unpaired) electrons. The van der Waals surface area contributed by atoms with E-state index >= 15 is 0 Å². The Morgan fingerprint density at radius 1 is 1.42 bits per heavy atom. The average molecular weight is 373 g/mol. The van der Waals surface area contributed by atoms with Gasteiger partial charge in [0, 0.05) is 23.6 Å². The molecule has 0 spiro atoms. The SMILES string of the molecule is CC(C)CN(C)S(=O)(=O)c1cc(Br)cc(CCl)c1F. The van der Waals surface area contributed by atoms with Gasteiger partial charge >= 0.3 is 0 Å². The normalized spacial score (nSPS) is 12.4. The Kier molecular flexibility index (Phi) is 5.79. The summed E-state index contributed by atoms with van der Waals surface area (Å²) in [6.07, 6.45) is 0. The van der Waals surface area contributed by atoms with Gasteiger partial charge in [0.15, 0.2) is 0 Å². The number of rotatable bonds is 5. The van der Waals surface area contributed by atoms with Crippen molar-refractivity contribution < 1.29 is 12.8 Å². The van der Waals surface area contributed by atoms with Crippen LogP contribution in [-0.2, 0) is 15.9 Å². The quantitative estimate of drug-likeness (QED) is 0.741. The fraction of sp³-hybridized carbons (Fsp3) is 0.500. The highest BCUT2D eigenvalue weighted by Crippen LogP contribution is 2.27. The van der Waals surface area contributed by atoms with Gasteiger partial charge in [0.25, 0.3) is 0 Å². The van der Waals surface area contributed by atoms with Crippen LogP contribution in [0.2, 0.25) is 0 Å². The summed E-state index contributed by atoms with van der Waals surface area (Å²) in [6.45, 7) is 4.12. The Bertz CT molecular complexity index is 563. The smallest absolute Gasteiger partial charge is 0.207 e. The highest BCUT2D eigenvalue weighted by molar-refractivity contribution is 9.10. The molecular formula is C12H16BrClFNO2S. The summed E-state index contributed by atoms with van der Waals surface area (Å²) < 4.78 is 40.4. The summed E-state index contributed by atoms with van der Waals surface area (Å²) in [5.41, 5.74) is 0.160. The first kappa shape index (κ1) is 16.9. The Hall–Kier alpha value is -0.170. The molecule has 0 amide bonds. The van der Waals surface area contributed by atoms with E-state index in [-0.39, 0.29) is 22.3 Å². The fourth-order valence-corrected chi connectivity index (χ4v) is 4.00. The third-order valence-corrected chi connectivity index (χ3v) is 5.10. The monoisotopic (exact) mass is 371 g/mol. The van der Waals surface area contributed by atoms with Crippen LogP contribution in [0.15, 0.2) is 21.5 Å². The van der Waals surface area contributed by atoms with Gasteiger partial charge in [-0.05, 0) is 18.1 Å². The van der Waals surface area contributed by atoms with Crippen LogP contribution in [0.5, 0.6) is 0 Å². The third kappa shape index (κ3) is 3.90. The molecule has 3 nitrogen and oxygen atoms in total. The lowest BCUT2D eigenvalue weighted by molar-refractivity contribution is 0.413. The molecule has 19 heavy (non-hydrogen) atoms. The third-order valence-electron chi connectivity index (χ3n) is 2.53. The second kappa shape index (κ2) is 6.52. The average Bonchev–Trinajstić information content (AvgIpc) is 2.30. The number of alkyl halides is 1. The Balaban J connectivity index is 3.32. The maximum atomic E-state index is 14.1. The largest absolute Gasteiger partial charge is 0.245 e. The van der Waals surface area contributed by atoms with Crippen LogP contribution in [-0.4, -0.2) is 26.3 Å². The summed E-state index contributed by atoms with van der Waals surface area (Å²) in [5, 5.41) is 0. The molecule has 0 saturated heterocycles. The molecule has 0 N–H and O–H groups in total. The first-order chi connectivity index (χ1) is 8.70. The minimum absolute atomic E-state index is 0.0817. The van der Waals surface area contributed by atoms with Crippen LogP contribution < -0.4 is 0 Å². The van der Waals surface area contributed by atoms with Crippen molar-refractivity contribution in [3.05, 3.63) is 28.0 Å². The lowest BCUT2D eigenvalue weighted by Gasteiger charge is -2.20. The summed E-state index contributed by atoms with van der Waals surface area (Å²) in [6, 6.07) is 2.74. The van der Waals surface area contributed by atoms with Crippen LogP contribution in [0, 0.1) is 11.7 Å². The molecule has 0 bridgehead atoms. The van der Waals surface area contributed by atoms with Gasteiger partial charge in [-0.2, -0.15) is 0 Å². The van der Waals surface area contributed by atoms with Crippen molar-refractivity contribution in [1.82, 2.24) is 4.31 Å². The van der Waals surface area contributed by atoms with Gasteiger partial charge in [-0.3, -0.25) is 0 Å². The van der Waals surface area contributed by atoms with Crippen molar-refractivity contribution in [3.63, 3.8) is 0 Å². The summed E-state index contributed by atoms with van der Waals surface area (Å²) in [5.74, 6) is -0.710. The maximum Gasteiger partial charge on any atom is 0.245 e. The fourth-order valence-electron chi connectivity index (χ4n) is 1.68. The van der Waals surface area contributed by atoms with Crippen LogP contribution >= 0.6 is 27.5 Å². The minimum Gasteiger partial charge on any atom is -0.207 e. The van der Waals surface area contributed by atoms with E-state index in [0.29, 0.717) is 11.0 Å². The van der Waals surface area contributed by atoms with E-state index in [4.69, 9.17) is 11.6 Å². The summed E-state index contributed by atoms with van der Waals surface area (Å²) in [4.78, 5) is -0.347. The molecule has 0 atom stereocenters. The molecule has 1 aromatic rings. The zero-order valence-corrected chi connectivity index (χ0v) is 14.1. The number of halogens is 3. The predicted octanol–water partition coefficient (Wildman–Crippen LogP) is 3.60. The first-order valence-corrected chi connectivity index (χ1v) is 8.47. The molecular weight excluding hydrogens is 357 g/mol. The standard InChI is InChI=1S/C12H16BrClFNO2S/c1-8(2)7-16(3)19(17,18)11-5-10(13)4-9(6-14)12(11)15/h4-5,8H,6-7H2,1-3H3. The predicted molar refractivity (Wildman–Crippen MR) is 78.3 cm³/mol. The Morgan fingerprint density at radius 3 is 2.47 bits per heavy atom. The molecule has 108 valence electrons. The lowest BCUT2D eigenvalue weighted by atomic mass is 10.2. The molecule has 7 heteroatoms. The Morgan fingerprint density at radius 2 is 2.00 bits per heavy atom. The molecule has 0 aliphatic carbocycles. The van der Waals surface area contributed by atoms with Crippen LogP contribution in [0.1, 0.15) is 19.4 Å². The van der Waals surface area contributed by atoms with Crippen molar-refractivity contribution in [3.8, 4) is 0 Å². The Labute approximate surface area is 126 Å². The van der Waals surface area contributed by atoms with E-state index in [1.165, 1.54) is 19.2 Å². The number of sulfonamides is 1. The van der Waals surface area contributed by atoms with Gasteiger partial charge in [0.2, 0.25) is 10.0 Å². The number of nitrogens with zero attached hydrogens (tertiary/aromatic N) is 1. The van der Waals surface area contributed by atoms with Crippen LogP contribution in [0.3, 0.4) is 0 Å². The van der Waals surface area contributed by atoms with Gasteiger partial charge < -0.3 is 0 Å². The van der Waals surface area contributed by atoms with Crippen molar-refractivity contribution in [2.75, 3.05) is 13.6 Å². The molecule has 0 aliphatic rings. The molecule has 0 saturated carbocycles. The van der Waals surface area contributed by atoms with Crippen molar-refractivity contribution >= 4 is 37.6 Å². The molecule has 0 heterocycles. The van der Waals surface area contributed by atoms with E-state index in [1.54, 1.807) is 0 Å². The van der Waals surface area contributed by atoms with E-state index < -0.39 is 15.8 Å². The molecule has 0 unspecified atom stereocenters.